The lowest BCUT2D eigenvalue weighted by Gasteiger charge is -2.16. The molecular formula is C26H24N2O3. The highest BCUT2D eigenvalue weighted by Crippen LogP contribution is 2.36. The zero-order chi connectivity index (χ0) is 22.0. The number of ether oxygens (including phenoxy) is 1. The van der Waals surface area contributed by atoms with Crippen molar-refractivity contribution in [3.63, 3.8) is 0 Å². The molecule has 0 aliphatic carbocycles. The normalized spacial score (nSPS) is 13.7. The molecule has 0 atom stereocenters. The summed E-state index contributed by atoms with van der Waals surface area (Å²) >= 11 is 0. The Morgan fingerprint density at radius 3 is 2.29 bits per heavy atom. The van der Waals surface area contributed by atoms with Gasteiger partial charge in [-0.2, -0.15) is 0 Å². The van der Waals surface area contributed by atoms with E-state index in [1.807, 2.05) is 74.5 Å². The molecular weight excluding hydrogens is 388 g/mol. The number of rotatable bonds is 6. The number of hydrogen-bond donors (Lipinski definition) is 1. The molecule has 0 saturated heterocycles. The molecule has 1 heterocycles. The van der Waals surface area contributed by atoms with Gasteiger partial charge in [-0.1, -0.05) is 60.7 Å². The number of imide groups is 1. The van der Waals surface area contributed by atoms with Crippen LogP contribution in [-0.4, -0.2) is 23.8 Å². The number of amides is 2. The Labute approximate surface area is 182 Å². The fourth-order valence-corrected chi connectivity index (χ4v) is 3.72. The first-order valence-corrected chi connectivity index (χ1v) is 10.1. The lowest BCUT2D eigenvalue weighted by Crippen LogP contribution is -2.32. The number of nitrogens with one attached hydrogen (secondary N) is 1. The van der Waals surface area contributed by atoms with Gasteiger partial charge in [-0.25, -0.2) is 0 Å². The average Bonchev–Trinajstić information content (AvgIpc) is 3.01. The maximum absolute atomic E-state index is 13.5. The van der Waals surface area contributed by atoms with Crippen LogP contribution in [0, 0.1) is 13.8 Å². The van der Waals surface area contributed by atoms with E-state index in [1.165, 1.54) is 4.90 Å². The van der Waals surface area contributed by atoms with E-state index in [0.29, 0.717) is 16.9 Å². The van der Waals surface area contributed by atoms with Gasteiger partial charge in [0.1, 0.15) is 11.4 Å². The first kappa shape index (κ1) is 20.4. The van der Waals surface area contributed by atoms with Crippen molar-refractivity contribution in [3.8, 4) is 5.75 Å². The molecule has 5 heteroatoms. The van der Waals surface area contributed by atoms with Crippen molar-refractivity contribution in [3.05, 3.63) is 101 Å². The van der Waals surface area contributed by atoms with Crippen LogP contribution in [0.5, 0.6) is 5.75 Å². The summed E-state index contributed by atoms with van der Waals surface area (Å²) < 4.78 is 5.49. The number of benzene rings is 3. The van der Waals surface area contributed by atoms with Gasteiger partial charge in [0, 0.05) is 11.3 Å². The first-order valence-electron chi connectivity index (χ1n) is 10.1. The fourth-order valence-electron chi connectivity index (χ4n) is 3.72. The maximum Gasteiger partial charge on any atom is 0.278 e. The molecule has 0 radical (unpaired) electrons. The molecule has 3 aromatic carbocycles. The van der Waals surface area contributed by atoms with E-state index in [2.05, 4.69) is 5.32 Å². The van der Waals surface area contributed by atoms with E-state index in [1.54, 1.807) is 19.2 Å². The van der Waals surface area contributed by atoms with Crippen molar-refractivity contribution < 1.29 is 14.3 Å². The van der Waals surface area contributed by atoms with Crippen molar-refractivity contribution in [1.29, 1.82) is 0 Å². The third-order valence-electron chi connectivity index (χ3n) is 5.59. The Bertz CT molecular complexity index is 1180. The average molecular weight is 412 g/mol. The molecule has 0 saturated carbocycles. The minimum absolute atomic E-state index is 0.204. The van der Waals surface area contributed by atoms with Crippen molar-refractivity contribution >= 4 is 23.1 Å². The van der Waals surface area contributed by atoms with Gasteiger partial charge in [0.25, 0.3) is 11.8 Å². The molecule has 156 valence electrons. The molecule has 1 aliphatic rings. The third kappa shape index (κ3) is 3.82. The SMILES string of the molecule is COc1ccccc1C1=C(Nc2cccc(C)c2C)C(=O)N(Cc2ccccc2)C1=O. The standard InChI is InChI=1S/C26H24N2O3/c1-17-10-9-14-21(18(17)2)27-24-23(20-13-7-8-15-22(20)31-3)25(29)28(26(24)30)16-19-11-5-4-6-12-19/h4-15,27H,16H2,1-3H3. The second kappa shape index (κ2) is 8.48. The number of nitrogens with zero attached hydrogens (tertiary/aromatic N) is 1. The van der Waals surface area contributed by atoms with Crippen molar-refractivity contribution in [2.75, 3.05) is 12.4 Å². The van der Waals surface area contributed by atoms with Crippen LogP contribution in [0.4, 0.5) is 5.69 Å². The highest BCUT2D eigenvalue weighted by atomic mass is 16.5. The van der Waals surface area contributed by atoms with Gasteiger partial charge in [-0.15, -0.1) is 0 Å². The lowest BCUT2D eigenvalue weighted by molar-refractivity contribution is -0.137. The van der Waals surface area contributed by atoms with E-state index in [9.17, 15) is 9.59 Å². The molecule has 3 aromatic rings. The first-order chi connectivity index (χ1) is 15.0. The Kier molecular flexibility index (Phi) is 5.58. The van der Waals surface area contributed by atoms with Crippen molar-refractivity contribution in [2.45, 2.75) is 20.4 Å². The number of aryl methyl sites for hydroxylation is 1. The summed E-state index contributed by atoms with van der Waals surface area (Å²) in [5, 5.41) is 3.26. The predicted octanol–water partition coefficient (Wildman–Crippen LogP) is 4.70. The van der Waals surface area contributed by atoms with Gasteiger partial charge in [0.15, 0.2) is 0 Å². The molecule has 31 heavy (non-hydrogen) atoms. The van der Waals surface area contributed by atoms with Gasteiger partial charge in [-0.05, 0) is 42.7 Å². The summed E-state index contributed by atoms with van der Waals surface area (Å²) in [5.74, 6) is -0.151. The van der Waals surface area contributed by atoms with Gasteiger partial charge >= 0.3 is 0 Å². The van der Waals surface area contributed by atoms with Crippen LogP contribution in [-0.2, 0) is 16.1 Å². The van der Waals surface area contributed by atoms with Crippen molar-refractivity contribution in [1.82, 2.24) is 4.90 Å². The van der Waals surface area contributed by atoms with E-state index in [4.69, 9.17) is 4.74 Å². The van der Waals surface area contributed by atoms with Crippen LogP contribution in [0.3, 0.4) is 0 Å². The summed E-state index contributed by atoms with van der Waals surface area (Å²) in [6.07, 6.45) is 0. The monoisotopic (exact) mass is 412 g/mol. The second-order valence-electron chi connectivity index (χ2n) is 7.50. The minimum Gasteiger partial charge on any atom is -0.496 e. The highest BCUT2D eigenvalue weighted by Gasteiger charge is 2.40. The molecule has 0 spiro atoms. The summed E-state index contributed by atoms with van der Waals surface area (Å²) in [5.41, 5.74) is 4.98. The lowest BCUT2D eigenvalue weighted by atomic mass is 10.0. The number of hydrogen-bond acceptors (Lipinski definition) is 4. The van der Waals surface area contributed by atoms with Gasteiger partial charge < -0.3 is 10.1 Å². The van der Waals surface area contributed by atoms with Gasteiger partial charge in [-0.3, -0.25) is 14.5 Å². The second-order valence-corrected chi connectivity index (χ2v) is 7.50. The van der Waals surface area contributed by atoms with Crippen LogP contribution in [0.2, 0.25) is 0 Å². The largest absolute Gasteiger partial charge is 0.496 e. The summed E-state index contributed by atoms with van der Waals surface area (Å²) in [6.45, 7) is 4.21. The van der Waals surface area contributed by atoms with E-state index < -0.39 is 0 Å². The Balaban J connectivity index is 1.82. The molecule has 1 aliphatic heterocycles. The van der Waals surface area contributed by atoms with Crippen LogP contribution in [0.15, 0.2) is 78.5 Å². The molecule has 0 unspecified atom stereocenters. The molecule has 4 rings (SSSR count). The zero-order valence-corrected chi connectivity index (χ0v) is 17.8. The Hall–Kier alpha value is -3.86. The third-order valence-corrected chi connectivity index (χ3v) is 5.59. The predicted molar refractivity (Wildman–Crippen MR) is 121 cm³/mol. The molecule has 0 bridgehead atoms. The fraction of sp³-hybridized carbons (Fsp3) is 0.154. The summed E-state index contributed by atoms with van der Waals surface area (Å²) in [6, 6.07) is 22.6. The zero-order valence-electron chi connectivity index (χ0n) is 17.8. The van der Waals surface area contributed by atoms with Crippen LogP contribution < -0.4 is 10.1 Å². The Morgan fingerprint density at radius 1 is 0.839 bits per heavy atom. The Morgan fingerprint density at radius 2 is 1.55 bits per heavy atom. The quantitative estimate of drug-likeness (QED) is 0.596. The smallest absolute Gasteiger partial charge is 0.278 e. The van der Waals surface area contributed by atoms with Crippen molar-refractivity contribution in [2.24, 2.45) is 0 Å². The van der Waals surface area contributed by atoms with Gasteiger partial charge in [0.05, 0.1) is 19.2 Å². The number of anilines is 1. The highest BCUT2D eigenvalue weighted by molar-refractivity contribution is 6.37. The number of methoxy groups -OCH3 is 1. The molecule has 2 amide bonds. The maximum atomic E-state index is 13.5. The topological polar surface area (TPSA) is 58.6 Å². The summed E-state index contributed by atoms with van der Waals surface area (Å²) in [4.78, 5) is 28.2. The van der Waals surface area contributed by atoms with E-state index in [-0.39, 0.29) is 24.1 Å². The van der Waals surface area contributed by atoms with Crippen LogP contribution in [0.1, 0.15) is 22.3 Å². The molecule has 5 nitrogen and oxygen atoms in total. The van der Waals surface area contributed by atoms with Crippen LogP contribution in [0.25, 0.3) is 5.57 Å². The van der Waals surface area contributed by atoms with Crippen LogP contribution >= 0.6 is 0 Å². The van der Waals surface area contributed by atoms with Gasteiger partial charge in [0.2, 0.25) is 0 Å². The molecule has 1 N–H and O–H groups in total. The number of carbonyl (C=O) groups excluding carboxylic acids is 2. The summed E-state index contributed by atoms with van der Waals surface area (Å²) in [7, 11) is 1.56. The number of carbonyl (C=O) groups is 2. The minimum atomic E-state index is -0.351. The van der Waals surface area contributed by atoms with E-state index >= 15 is 0 Å². The molecule has 0 fully saturated rings. The van der Waals surface area contributed by atoms with E-state index in [0.717, 1.165) is 22.4 Å². The number of para-hydroxylation sites is 1. The molecule has 0 aromatic heterocycles.